The van der Waals surface area contributed by atoms with E-state index in [1.165, 1.54) is 38.5 Å². The molecule has 0 saturated heterocycles. The Kier molecular flexibility index (Phi) is 6.41. The van der Waals surface area contributed by atoms with Gasteiger partial charge in [0.15, 0.2) is 0 Å². The minimum Gasteiger partial charge on any atom is -0.492 e. The SMILES string of the molecule is CCOc1cc2c(cc1NC(=O)CN(C)C1CCCCCC1)OC(C)C2. The molecule has 144 valence electrons. The second-order valence-corrected chi connectivity index (χ2v) is 7.63. The van der Waals surface area contributed by atoms with Gasteiger partial charge in [-0.25, -0.2) is 0 Å². The quantitative estimate of drug-likeness (QED) is 0.779. The van der Waals surface area contributed by atoms with Gasteiger partial charge < -0.3 is 14.8 Å². The van der Waals surface area contributed by atoms with E-state index in [1.54, 1.807) is 0 Å². The van der Waals surface area contributed by atoms with Gasteiger partial charge in [0.05, 0.1) is 18.8 Å². The zero-order valence-corrected chi connectivity index (χ0v) is 16.3. The van der Waals surface area contributed by atoms with Crippen LogP contribution in [0.5, 0.6) is 11.5 Å². The number of carbonyl (C=O) groups is 1. The number of hydrogen-bond donors (Lipinski definition) is 1. The lowest BCUT2D eigenvalue weighted by Crippen LogP contribution is -2.37. The van der Waals surface area contributed by atoms with Crippen molar-refractivity contribution in [2.24, 2.45) is 0 Å². The second kappa shape index (κ2) is 8.76. The van der Waals surface area contributed by atoms with Crippen molar-refractivity contribution in [2.75, 3.05) is 25.5 Å². The maximum absolute atomic E-state index is 12.6. The predicted octanol–water partition coefficient (Wildman–Crippen LogP) is 4.00. The second-order valence-electron chi connectivity index (χ2n) is 7.63. The van der Waals surface area contributed by atoms with Crippen molar-refractivity contribution in [1.29, 1.82) is 0 Å². The van der Waals surface area contributed by atoms with Crippen LogP contribution < -0.4 is 14.8 Å². The molecule has 1 heterocycles. The molecule has 1 N–H and O–H groups in total. The maximum Gasteiger partial charge on any atom is 0.238 e. The van der Waals surface area contributed by atoms with E-state index in [-0.39, 0.29) is 12.0 Å². The highest BCUT2D eigenvalue weighted by Gasteiger charge is 2.24. The van der Waals surface area contributed by atoms with Crippen LogP contribution in [0.25, 0.3) is 0 Å². The Bertz CT molecular complexity index is 624. The van der Waals surface area contributed by atoms with E-state index in [4.69, 9.17) is 9.47 Å². The van der Waals surface area contributed by atoms with Crippen molar-refractivity contribution in [1.82, 2.24) is 4.90 Å². The summed E-state index contributed by atoms with van der Waals surface area (Å²) in [6.45, 7) is 4.99. The highest BCUT2D eigenvalue weighted by molar-refractivity contribution is 5.94. The first-order valence-corrected chi connectivity index (χ1v) is 10.0. The number of nitrogens with one attached hydrogen (secondary N) is 1. The zero-order chi connectivity index (χ0) is 18.5. The van der Waals surface area contributed by atoms with Gasteiger partial charge in [-0.2, -0.15) is 0 Å². The number of likely N-dealkylation sites (N-methyl/N-ethyl adjacent to an activating group) is 1. The molecule has 1 aromatic carbocycles. The third-order valence-electron chi connectivity index (χ3n) is 5.41. The van der Waals surface area contributed by atoms with Crippen LogP contribution in [0.4, 0.5) is 5.69 Å². The lowest BCUT2D eigenvalue weighted by molar-refractivity contribution is -0.117. The minimum absolute atomic E-state index is 0.00342. The third-order valence-corrected chi connectivity index (χ3v) is 5.41. The number of carbonyl (C=O) groups excluding carboxylic acids is 1. The van der Waals surface area contributed by atoms with Gasteiger partial charge in [-0.15, -0.1) is 0 Å². The Labute approximate surface area is 157 Å². The van der Waals surface area contributed by atoms with Gasteiger partial charge in [-0.3, -0.25) is 9.69 Å². The number of rotatable bonds is 6. The largest absolute Gasteiger partial charge is 0.492 e. The molecule has 1 atom stereocenters. The van der Waals surface area contributed by atoms with Gasteiger partial charge in [-0.1, -0.05) is 25.7 Å². The smallest absolute Gasteiger partial charge is 0.238 e. The van der Waals surface area contributed by atoms with Crippen LogP contribution in [-0.2, 0) is 11.2 Å². The minimum atomic E-state index is 0.00342. The van der Waals surface area contributed by atoms with Crippen LogP contribution in [-0.4, -0.2) is 43.2 Å². The zero-order valence-electron chi connectivity index (χ0n) is 16.3. The molecule has 26 heavy (non-hydrogen) atoms. The van der Waals surface area contributed by atoms with E-state index in [0.717, 1.165) is 23.5 Å². The molecule has 2 aliphatic rings. The molecule has 5 nitrogen and oxygen atoms in total. The molecule has 1 saturated carbocycles. The fraction of sp³-hybridized carbons (Fsp3) is 0.667. The number of hydrogen-bond acceptors (Lipinski definition) is 4. The Hall–Kier alpha value is -1.75. The number of amides is 1. The van der Waals surface area contributed by atoms with Crippen molar-refractivity contribution < 1.29 is 14.3 Å². The third kappa shape index (κ3) is 4.70. The van der Waals surface area contributed by atoms with Gasteiger partial charge in [0.2, 0.25) is 5.91 Å². The molecule has 1 fully saturated rings. The van der Waals surface area contributed by atoms with Crippen molar-refractivity contribution in [3.8, 4) is 11.5 Å². The highest BCUT2D eigenvalue weighted by atomic mass is 16.5. The Balaban J connectivity index is 1.65. The molecule has 1 unspecified atom stereocenters. The summed E-state index contributed by atoms with van der Waals surface area (Å²) < 4.78 is 11.6. The van der Waals surface area contributed by atoms with E-state index in [1.807, 2.05) is 19.1 Å². The fourth-order valence-electron chi connectivity index (χ4n) is 4.06. The van der Waals surface area contributed by atoms with Crippen molar-refractivity contribution >= 4 is 11.6 Å². The lowest BCUT2D eigenvalue weighted by atomic mass is 10.1. The summed E-state index contributed by atoms with van der Waals surface area (Å²) in [6.07, 6.45) is 8.62. The normalized spacial score (nSPS) is 20.4. The molecular formula is C21H32N2O3. The molecule has 3 rings (SSSR count). The molecule has 1 amide bonds. The van der Waals surface area contributed by atoms with E-state index >= 15 is 0 Å². The number of anilines is 1. The Morgan fingerprint density at radius 2 is 2.00 bits per heavy atom. The summed E-state index contributed by atoms with van der Waals surface area (Å²) in [5, 5.41) is 3.04. The molecular weight excluding hydrogens is 328 g/mol. The highest BCUT2D eigenvalue weighted by Crippen LogP contribution is 2.38. The average molecular weight is 360 g/mol. The number of ether oxygens (including phenoxy) is 2. The van der Waals surface area contributed by atoms with E-state index < -0.39 is 0 Å². The molecule has 0 bridgehead atoms. The summed E-state index contributed by atoms with van der Waals surface area (Å²) in [6, 6.07) is 4.43. The summed E-state index contributed by atoms with van der Waals surface area (Å²) >= 11 is 0. The summed E-state index contributed by atoms with van der Waals surface area (Å²) in [7, 11) is 2.06. The lowest BCUT2D eigenvalue weighted by Gasteiger charge is -2.26. The summed E-state index contributed by atoms with van der Waals surface area (Å²) in [4.78, 5) is 14.8. The molecule has 1 aliphatic carbocycles. The first kappa shape index (κ1) is 19.0. The summed E-state index contributed by atoms with van der Waals surface area (Å²) in [5.41, 5.74) is 1.86. The molecule has 1 aromatic rings. The summed E-state index contributed by atoms with van der Waals surface area (Å²) in [5.74, 6) is 1.59. The topological polar surface area (TPSA) is 50.8 Å². The predicted molar refractivity (Wildman–Crippen MR) is 104 cm³/mol. The van der Waals surface area contributed by atoms with Crippen LogP contribution in [0.3, 0.4) is 0 Å². The molecule has 1 aliphatic heterocycles. The van der Waals surface area contributed by atoms with Gasteiger partial charge >= 0.3 is 0 Å². The number of fused-ring (bicyclic) bond motifs is 1. The first-order valence-electron chi connectivity index (χ1n) is 10.0. The number of benzene rings is 1. The van der Waals surface area contributed by atoms with Crippen LogP contribution in [0.15, 0.2) is 12.1 Å². The number of nitrogens with zero attached hydrogens (tertiary/aromatic N) is 1. The fourth-order valence-corrected chi connectivity index (χ4v) is 4.06. The standard InChI is InChI=1S/C21H32N2O3/c1-4-25-20-12-16-11-15(2)26-19(16)13-18(20)22-21(24)14-23(3)17-9-7-5-6-8-10-17/h12-13,15,17H,4-11,14H2,1-3H3,(H,22,24). The molecule has 0 radical (unpaired) electrons. The van der Waals surface area contributed by atoms with E-state index in [2.05, 4.69) is 24.2 Å². The average Bonchev–Trinajstić information content (AvgIpc) is 2.80. The first-order chi connectivity index (χ1) is 12.6. The van der Waals surface area contributed by atoms with Crippen molar-refractivity contribution in [2.45, 2.75) is 70.9 Å². The van der Waals surface area contributed by atoms with Crippen LogP contribution in [0, 0.1) is 0 Å². The Morgan fingerprint density at radius 3 is 2.69 bits per heavy atom. The van der Waals surface area contributed by atoms with E-state index in [9.17, 15) is 4.79 Å². The van der Waals surface area contributed by atoms with Crippen LogP contribution in [0.1, 0.15) is 57.9 Å². The van der Waals surface area contributed by atoms with Crippen LogP contribution >= 0.6 is 0 Å². The maximum atomic E-state index is 12.6. The van der Waals surface area contributed by atoms with Gasteiger partial charge in [0.25, 0.3) is 0 Å². The van der Waals surface area contributed by atoms with Crippen LogP contribution in [0.2, 0.25) is 0 Å². The van der Waals surface area contributed by atoms with Gasteiger partial charge in [-0.05, 0) is 39.8 Å². The molecule has 0 aromatic heterocycles. The van der Waals surface area contributed by atoms with Gasteiger partial charge in [0.1, 0.15) is 17.6 Å². The Morgan fingerprint density at radius 1 is 1.27 bits per heavy atom. The van der Waals surface area contributed by atoms with E-state index in [0.29, 0.717) is 24.9 Å². The van der Waals surface area contributed by atoms with Crippen molar-refractivity contribution in [3.05, 3.63) is 17.7 Å². The molecule has 0 spiro atoms. The van der Waals surface area contributed by atoms with Crippen molar-refractivity contribution in [3.63, 3.8) is 0 Å². The van der Waals surface area contributed by atoms with Gasteiger partial charge in [0, 0.05) is 24.1 Å². The molecule has 5 heteroatoms. The monoisotopic (exact) mass is 360 g/mol.